The predicted octanol–water partition coefficient (Wildman–Crippen LogP) is 9.98. The van der Waals surface area contributed by atoms with Gasteiger partial charge in [-0.1, -0.05) is 145 Å². The van der Waals surface area contributed by atoms with Crippen LogP contribution in [0.25, 0.3) is 11.1 Å². The van der Waals surface area contributed by atoms with Crippen LogP contribution in [-0.2, 0) is 14.7 Å². The lowest BCUT2D eigenvalue weighted by atomic mass is 9.68. The number of halogens is 1. The normalized spacial score (nSPS) is 17.4. The van der Waals surface area contributed by atoms with Crippen LogP contribution in [0.3, 0.4) is 0 Å². The SMILES string of the molecule is CCCCCCCCC1(CCCCCCCC)c2cc(Br)ccc2-c2ccc(B3OCC(C)(C)CO3)cc21. The van der Waals surface area contributed by atoms with Crippen molar-refractivity contribution < 1.29 is 9.31 Å². The van der Waals surface area contributed by atoms with Gasteiger partial charge < -0.3 is 9.31 Å². The van der Waals surface area contributed by atoms with Crippen LogP contribution in [0.5, 0.6) is 0 Å². The Morgan fingerprint density at radius 2 is 1.18 bits per heavy atom. The fraction of sp³-hybridized carbons (Fsp3) is 0.647. The first-order chi connectivity index (χ1) is 18.4. The summed E-state index contributed by atoms with van der Waals surface area (Å²) in [6, 6.07) is 14.1. The molecule has 2 aromatic rings. The van der Waals surface area contributed by atoms with Crippen LogP contribution in [0.1, 0.15) is 129 Å². The molecule has 1 saturated heterocycles. The first-order valence-corrected chi connectivity index (χ1v) is 16.4. The van der Waals surface area contributed by atoms with Gasteiger partial charge >= 0.3 is 7.12 Å². The first kappa shape index (κ1) is 29.9. The maximum atomic E-state index is 6.25. The predicted molar refractivity (Wildman–Crippen MR) is 167 cm³/mol. The molecule has 0 unspecified atom stereocenters. The van der Waals surface area contributed by atoms with Crippen LogP contribution < -0.4 is 5.46 Å². The van der Waals surface area contributed by atoms with E-state index in [0.717, 1.165) is 13.2 Å². The lowest BCUT2D eigenvalue weighted by Gasteiger charge is -2.35. The van der Waals surface area contributed by atoms with E-state index in [0.29, 0.717) is 0 Å². The van der Waals surface area contributed by atoms with E-state index < -0.39 is 0 Å². The average molecular weight is 581 g/mol. The number of hydrogen-bond acceptors (Lipinski definition) is 2. The van der Waals surface area contributed by atoms with Crippen molar-refractivity contribution in [2.45, 2.75) is 123 Å². The molecule has 0 N–H and O–H groups in total. The van der Waals surface area contributed by atoms with Crippen LogP contribution in [0.2, 0.25) is 0 Å². The molecule has 4 heteroatoms. The van der Waals surface area contributed by atoms with Crippen molar-refractivity contribution in [1.29, 1.82) is 0 Å². The molecule has 2 aliphatic rings. The van der Waals surface area contributed by atoms with Crippen molar-refractivity contribution in [2.75, 3.05) is 13.2 Å². The number of hydrogen-bond donors (Lipinski definition) is 0. The maximum absolute atomic E-state index is 6.25. The van der Waals surface area contributed by atoms with E-state index in [1.54, 1.807) is 0 Å². The Morgan fingerprint density at radius 1 is 0.684 bits per heavy atom. The molecular formula is C34H50BBrO2. The second-order valence-corrected chi connectivity index (χ2v) is 13.6. The van der Waals surface area contributed by atoms with Crippen molar-refractivity contribution in [1.82, 2.24) is 0 Å². The highest BCUT2D eigenvalue weighted by molar-refractivity contribution is 9.10. The van der Waals surface area contributed by atoms with Gasteiger partial charge in [-0.25, -0.2) is 0 Å². The zero-order valence-corrected chi connectivity index (χ0v) is 26.1. The summed E-state index contributed by atoms with van der Waals surface area (Å²) < 4.78 is 13.7. The van der Waals surface area contributed by atoms with Gasteiger partial charge in [-0.15, -0.1) is 0 Å². The Hall–Kier alpha value is -1.10. The molecule has 2 aromatic carbocycles. The van der Waals surface area contributed by atoms with Crippen molar-refractivity contribution in [3.63, 3.8) is 0 Å². The third-order valence-electron chi connectivity index (χ3n) is 8.78. The molecule has 1 fully saturated rings. The van der Waals surface area contributed by atoms with Crippen LogP contribution in [-0.4, -0.2) is 20.3 Å². The molecule has 2 nitrogen and oxygen atoms in total. The Kier molecular flexibility index (Phi) is 11.0. The summed E-state index contributed by atoms with van der Waals surface area (Å²) in [5.74, 6) is 0. The summed E-state index contributed by atoms with van der Waals surface area (Å²) in [4.78, 5) is 0. The first-order valence-electron chi connectivity index (χ1n) is 15.6. The molecule has 1 aliphatic carbocycles. The maximum Gasteiger partial charge on any atom is 0.493 e. The Bertz CT molecular complexity index is 1010. The van der Waals surface area contributed by atoms with Crippen LogP contribution in [0, 0.1) is 5.41 Å². The summed E-state index contributed by atoms with van der Waals surface area (Å²) in [6.45, 7) is 10.5. The zero-order valence-electron chi connectivity index (χ0n) is 24.5. The van der Waals surface area contributed by atoms with Crippen molar-refractivity contribution in [3.05, 3.63) is 52.0 Å². The lowest BCUT2D eigenvalue weighted by molar-refractivity contribution is 0.0343. The molecule has 4 rings (SSSR count). The fourth-order valence-electron chi connectivity index (χ4n) is 6.59. The zero-order chi connectivity index (χ0) is 27.0. The van der Waals surface area contributed by atoms with Gasteiger partial charge in [0.15, 0.2) is 0 Å². The lowest BCUT2D eigenvalue weighted by Crippen LogP contribution is -2.47. The van der Waals surface area contributed by atoms with Crippen LogP contribution >= 0.6 is 15.9 Å². The smallest absolute Gasteiger partial charge is 0.407 e. The highest BCUT2D eigenvalue weighted by atomic mass is 79.9. The molecule has 0 atom stereocenters. The van der Waals surface area contributed by atoms with E-state index in [4.69, 9.17) is 9.31 Å². The molecule has 0 amide bonds. The Labute approximate surface area is 241 Å². The van der Waals surface area contributed by atoms with Gasteiger partial charge in [-0.3, -0.25) is 0 Å². The van der Waals surface area contributed by atoms with E-state index in [-0.39, 0.29) is 17.9 Å². The number of unbranched alkanes of at least 4 members (excludes halogenated alkanes) is 10. The van der Waals surface area contributed by atoms with Crippen molar-refractivity contribution in [3.8, 4) is 11.1 Å². The van der Waals surface area contributed by atoms with E-state index in [1.807, 2.05) is 0 Å². The topological polar surface area (TPSA) is 18.5 Å². The highest BCUT2D eigenvalue weighted by Gasteiger charge is 2.43. The number of benzene rings is 2. The third kappa shape index (κ3) is 7.15. The quantitative estimate of drug-likeness (QED) is 0.154. The molecule has 0 saturated carbocycles. The van der Waals surface area contributed by atoms with Gasteiger partial charge in [0.2, 0.25) is 0 Å². The molecule has 208 valence electrons. The molecule has 0 aromatic heterocycles. The summed E-state index contributed by atoms with van der Waals surface area (Å²) in [6.07, 6.45) is 18.5. The molecule has 1 heterocycles. The van der Waals surface area contributed by atoms with Crippen LogP contribution in [0.4, 0.5) is 0 Å². The van der Waals surface area contributed by atoms with E-state index in [1.165, 1.54) is 122 Å². The highest BCUT2D eigenvalue weighted by Crippen LogP contribution is 2.54. The number of fused-ring (bicyclic) bond motifs is 3. The minimum atomic E-state index is -0.260. The number of rotatable bonds is 15. The summed E-state index contributed by atoms with van der Waals surface area (Å²) in [7, 11) is -0.260. The molecule has 1 aliphatic heterocycles. The van der Waals surface area contributed by atoms with Crippen LogP contribution in [0.15, 0.2) is 40.9 Å². The Morgan fingerprint density at radius 3 is 1.76 bits per heavy atom. The van der Waals surface area contributed by atoms with Gasteiger partial charge in [0.25, 0.3) is 0 Å². The largest absolute Gasteiger partial charge is 0.493 e. The van der Waals surface area contributed by atoms with Gasteiger partial charge in [0.05, 0.1) is 0 Å². The molecule has 0 radical (unpaired) electrons. The Balaban J connectivity index is 1.64. The second kappa shape index (κ2) is 14.0. The standard InChI is InChI=1S/C34H50BBrO2/c1-5-7-9-11-13-15-21-34(22-16-14-12-10-8-6-2)31-23-27(35-37-25-33(3,4)26-38-35)17-19-29(31)30-20-18-28(36)24-32(30)34/h17-20,23-24H,5-16,21-22,25-26H2,1-4H3. The van der Waals surface area contributed by atoms with Crippen molar-refractivity contribution >= 4 is 28.5 Å². The van der Waals surface area contributed by atoms with E-state index in [9.17, 15) is 0 Å². The summed E-state index contributed by atoms with van der Waals surface area (Å²) in [5.41, 5.74) is 7.24. The molecular weight excluding hydrogens is 531 g/mol. The minimum absolute atomic E-state index is 0.0773. The van der Waals surface area contributed by atoms with E-state index >= 15 is 0 Å². The van der Waals surface area contributed by atoms with Gasteiger partial charge in [0, 0.05) is 28.5 Å². The fourth-order valence-corrected chi connectivity index (χ4v) is 6.96. The molecule has 38 heavy (non-hydrogen) atoms. The van der Waals surface area contributed by atoms with Crippen molar-refractivity contribution in [2.24, 2.45) is 5.41 Å². The summed E-state index contributed by atoms with van der Waals surface area (Å²) in [5, 5.41) is 0. The average Bonchev–Trinajstić information content (AvgIpc) is 3.16. The molecule has 0 spiro atoms. The van der Waals surface area contributed by atoms with Gasteiger partial charge in [-0.2, -0.15) is 0 Å². The van der Waals surface area contributed by atoms with E-state index in [2.05, 4.69) is 80.0 Å². The van der Waals surface area contributed by atoms with Gasteiger partial charge in [0.1, 0.15) is 0 Å². The molecule has 0 bridgehead atoms. The third-order valence-corrected chi connectivity index (χ3v) is 9.28. The minimum Gasteiger partial charge on any atom is -0.407 e. The summed E-state index contributed by atoms with van der Waals surface area (Å²) >= 11 is 3.83. The van der Waals surface area contributed by atoms with Gasteiger partial charge in [-0.05, 0) is 52.7 Å². The monoisotopic (exact) mass is 580 g/mol. The second-order valence-electron chi connectivity index (χ2n) is 12.7.